The Morgan fingerprint density at radius 1 is 1.14 bits per heavy atom. The van der Waals surface area contributed by atoms with Gasteiger partial charge in [-0.15, -0.1) is 0 Å². The zero-order valence-corrected chi connectivity index (χ0v) is 13.2. The van der Waals surface area contributed by atoms with Gasteiger partial charge in [-0.3, -0.25) is 0 Å². The van der Waals surface area contributed by atoms with Crippen LogP contribution in [0.1, 0.15) is 24.2 Å². The fourth-order valence-corrected chi connectivity index (χ4v) is 2.30. The van der Waals surface area contributed by atoms with Crippen LogP contribution in [0.15, 0.2) is 42.5 Å². The summed E-state index contributed by atoms with van der Waals surface area (Å²) < 4.78 is 11.4. The van der Waals surface area contributed by atoms with Gasteiger partial charge in [-0.25, -0.2) is 0 Å². The highest BCUT2D eigenvalue weighted by Gasteiger charge is 2.20. The standard InChI is InChI=1S/C17H20ClNO2/c1-11-7-8-14(18)10-16(11)21-17(12(2)19)13-5-4-6-15(9-13)20-3/h4-10,12,17H,19H2,1-3H3. The molecule has 3 nitrogen and oxygen atoms in total. The third-order valence-electron chi connectivity index (χ3n) is 3.30. The molecule has 0 saturated heterocycles. The fraction of sp³-hybridized carbons (Fsp3) is 0.294. The number of aryl methyl sites for hydroxylation is 1. The molecule has 0 saturated carbocycles. The Labute approximate surface area is 130 Å². The molecule has 2 rings (SSSR count). The molecule has 0 aromatic heterocycles. The van der Waals surface area contributed by atoms with E-state index in [1.54, 1.807) is 7.11 Å². The van der Waals surface area contributed by atoms with Gasteiger partial charge < -0.3 is 15.2 Å². The van der Waals surface area contributed by atoms with E-state index in [1.807, 2.05) is 56.3 Å². The van der Waals surface area contributed by atoms with Crippen LogP contribution in [0.4, 0.5) is 0 Å². The van der Waals surface area contributed by atoms with Crippen LogP contribution in [0.2, 0.25) is 5.02 Å². The molecule has 0 fully saturated rings. The van der Waals surface area contributed by atoms with Gasteiger partial charge in [0.25, 0.3) is 0 Å². The van der Waals surface area contributed by atoms with Crippen molar-refractivity contribution < 1.29 is 9.47 Å². The van der Waals surface area contributed by atoms with Gasteiger partial charge in [0, 0.05) is 11.1 Å². The molecule has 0 spiro atoms. The second-order valence-corrected chi connectivity index (χ2v) is 5.52. The second-order valence-electron chi connectivity index (χ2n) is 5.08. The van der Waals surface area contributed by atoms with Crippen molar-refractivity contribution in [2.45, 2.75) is 26.0 Å². The Morgan fingerprint density at radius 2 is 1.90 bits per heavy atom. The van der Waals surface area contributed by atoms with Crippen LogP contribution in [0.5, 0.6) is 11.5 Å². The van der Waals surface area contributed by atoms with Gasteiger partial charge in [0.1, 0.15) is 17.6 Å². The maximum absolute atomic E-state index is 6.11. The summed E-state index contributed by atoms with van der Waals surface area (Å²) >= 11 is 6.04. The van der Waals surface area contributed by atoms with Crippen molar-refractivity contribution in [1.82, 2.24) is 0 Å². The van der Waals surface area contributed by atoms with Crippen molar-refractivity contribution >= 4 is 11.6 Å². The first-order chi connectivity index (χ1) is 10.0. The third-order valence-corrected chi connectivity index (χ3v) is 3.54. The van der Waals surface area contributed by atoms with E-state index in [0.717, 1.165) is 22.6 Å². The minimum Gasteiger partial charge on any atom is -0.497 e. The van der Waals surface area contributed by atoms with Gasteiger partial charge >= 0.3 is 0 Å². The van der Waals surface area contributed by atoms with E-state index in [4.69, 9.17) is 26.8 Å². The molecular formula is C17H20ClNO2. The van der Waals surface area contributed by atoms with E-state index in [9.17, 15) is 0 Å². The van der Waals surface area contributed by atoms with Crippen LogP contribution in [0.3, 0.4) is 0 Å². The Balaban J connectivity index is 2.33. The summed E-state index contributed by atoms with van der Waals surface area (Å²) in [6.07, 6.45) is -0.266. The smallest absolute Gasteiger partial charge is 0.139 e. The summed E-state index contributed by atoms with van der Waals surface area (Å²) in [7, 11) is 1.64. The monoisotopic (exact) mass is 305 g/mol. The van der Waals surface area contributed by atoms with E-state index in [-0.39, 0.29) is 12.1 Å². The Bertz CT molecular complexity index is 613. The van der Waals surface area contributed by atoms with E-state index in [1.165, 1.54) is 0 Å². The van der Waals surface area contributed by atoms with Crippen LogP contribution in [0.25, 0.3) is 0 Å². The van der Waals surface area contributed by atoms with Crippen molar-refractivity contribution in [3.8, 4) is 11.5 Å². The summed E-state index contributed by atoms with van der Waals surface area (Å²) in [5.41, 5.74) is 8.09. The summed E-state index contributed by atoms with van der Waals surface area (Å²) in [5, 5.41) is 0.643. The Morgan fingerprint density at radius 3 is 2.57 bits per heavy atom. The molecule has 0 aliphatic rings. The van der Waals surface area contributed by atoms with Crippen molar-refractivity contribution in [3.63, 3.8) is 0 Å². The SMILES string of the molecule is COc1cccc(C(Oc2cc(Cl)ccc2C)C(C)N)c1. The van der Waals surface area contributed by atoms with E-state index < -0.39 is 0 Å². The van der Waals surface area contributed by atoms with Gasteiger partial charge in [0.15, 0.2) is 0 Å². The third kappa shape index (κ3) is 3.90. The first-order valence-corrected chi connectivity index (χ1v) is 7.21. The Hall–Kier alpha value is -1.71. The lowest BCUT2D eigenvalue weighted by atomic mass is 10.0. The zero-order chi connectivity index (χ0) is 15.4. The number of rotatable bonds is 5. The molecule has 0 heterocycles. The predicted octanol–water partition coefficient (Wildman–Crippen LogP) is 4.12. The number of halogens is 1. The average molecular weight is 306 g/mol. The number of hydrogen-bond donors (Lipinski definition) is 1. The summed E-state index contributed by atoms with van der Waals surface area (Å²) in [6.45, 7) is 3.90. The van der Waals surface area contributed by atoms with Crippen molar-refractivity contribution in [3.05, 3.63) is 58.6 Å². The summed E-state index contributed by atoms with van der Waals surface area (Å²) in [5.74, 6) is 1.53. The quantitative estimate of drug-likeness (QED) is 0.903. The number of methoxy groups -OCH3 is 1. The van der Waals surface area contributed by atoms with Crippen molar-refractivity contribution in [2.24, 2.45) is 5.73 Å². The highest BCUT2D eigenvalue weighted by molar-refractivity contribution is 6.30. The second kappa shape index (κ2) is 6.83. The maximum Gasteiger partial charge on any atom is 0.139 e. The van der Waals surface area contributed by atoms with Gasteiger partial charge in [-0.1, -0.05) is 29.8 Å². The number of ether oxygens (including phenoxy) is 2. The maximum atomic E-state index is 6.11. The molecule has 2 atom stereocenters. The zero-order valence-electron chi connectivity index (χ0n) is 12.5. The highest BCUT2D eigenvalue weighted by Crippen LogP contribution is 2.30. The largest absolute Gasteiger partial charge is 0.497 e. The first kappa shape index (κ1) is 15.7. The topological polar surface area (TPSA) is 44.5 Å². The van der Waals surface area contributed by atoms with Crippen LogP contribution < -0.4 is 15.2 Å². The molecule has 112 valence electrons. The van der Waals surface area contributed by atoms with Gasteiger partial charge in [-0.05, 0) is 49.2 Å². The first-order valence-electron chi connectivity index (χ1n) is 6.83. The summed E-state index contributed by atoms with van der Waals surface area (Å²) in [6, 6.07) is 13.2. The van der Waals surface area contributed by atoms with Crippen LogP contribution >= 0.6 is 11.6 Å². The minimum absolute atomic E-state index is 0.171. The number of nitrogens with two attached hydrogens (primary N) is 1. The van der Waals surface area contributed by atoms with E-state index >= 15 is 0 Å². The van der Waals surface area contributed by atoms with Gasteiger partial charge in [0.05, 0.1) is 7.11 Å². The molecule has 21 heavy (non-hydrogen) atoms. The average Bonchev–Trinajstić information content (AvgIpc) is 2.47. The molecular weight excluding hydrogens is 286 g/mol. The fourth-order valence-electron chi connectivity index (χ4n) is 2.14. The molecule has 0 radical (unpaired) electrons. The highest BCUT2D eigenvalue weighted by atomic mass is 35.5. The molecule has 2 unspecified atom stereocenters. The molecule has 2 N–H and O–H groups in total. The van der Waals surface area contributed by atoms with Crippen LogP contribution in [0, 0.1) is 6.92 Å². The molecule has 2 aromatic rings. The lowest BCUT2D eigenvalue weighted by Crippen LogP contribution is -2.29. The van der Waals surface area contributed by atoms with Crippen LogP contribution in [-0.4, -0.2) is 13.2 Å². The number of hydrogen-bond acceptors (Lipinski definition) is 3. The minimum atomic E-state index is -0.266. The van der Waals surface area contributed by atoms with Gasteiger partial charge in [-0.2, -0.15) is 0 Å². The molecule has 0 amide bonds. The van der Waals surface area contributed by atoms with Gasteiger partial charge in [0.2, 0.25) is 0 Å². The van der Waals surface area contributed by atoms with E-state index in [2.05, 4.69) is 0 Å². The Kier molecular flexibility index (Phi) is 5.10. The van der Waals surface area contributed by atoms with Crippen molar-refractivity contribution in [1.29, 1.82) is 0 Å². The normalized spacial score (nSPS) is 13.6. The molecule has 0 bridgehead atoms. The van der Waals surface area contributed by atoms with Crippen molar-refractivity contribution in [2.75, 3.05) is 7.11 Å². The molecule has 0 aliphatic carbocycles. The molecule has 2 aromatic carbocycles. The summed E-state index contributed by atoms with van der Waals surface area (Å²) in [4.78, 5) is 0. The molecule has 0 aliphatic heterocycles. The number of benzene rings is 2. The lowest BCUT2D eigenvalue weighted by Gasteiger charge is -2.24. The van der Waals surface area contributed by atoms with Crippen LogP contribution in [-0.2, 0) is 0 Å². The predicted molar refractivity (Wildman–Crippen MR) is 86.2 cm³/mol. The lowest BCUT2D eigenvalue weighted by molar-refractivity contribution is 0.179. The molecule has 4 heteroatoms. The van der Waals surface area contributed by atoms with E-state index in [0.29, 0.717) is 5.02 Å².